The van der Waals surface area contributed by atoms with Crippen LogP contribution in [0.2, 0.25) is 0 Å². The molecule has 0 aliphatic carbocycles. The molecule has 6 heteroatoms. The highest BCUT2D eigenvalue weighted by atomic mass is 16.8. The first kappa shape index (κ1) is 21.0. The van der Waals surface area contributed by atoms with E-state index in [1.165, 1.54) is 0 Å². The zero-order chi connectivity index (χ0) is 22.0. The van der Waals surface area contributed by atoms with Crippen LogP contribution >= 0.6 is 0 Å². The lowest BCUT2D eigenvalue weighted by Gasteiger charge is -2.42. The molecule has 0 aromatic heterocycles. The van der Waals surface area contributed by atoms with Gasteiger partial charge in [-0.15, -0.1) is 0 Å². The van der Waals surface area contributed by atoms with E-state index in [0.717, 1.165) is 16.7 Å². The van der Waals surface area contributed by atoms with Gasteiger partial charge in [-0.2, -0.15) is 0 Å². The van der Waals surface area contributed by atoms with Crippen molar-refractivity contribution in [3.8, 4) is 0 Å². The summed E-state index contributed by atoms with van der Waals surface area (Å²) in [6.45, 7) is 0.691. The van der Waals surface area contributed by atoms with E-state index in [1.54, 1.807) is 0 Å². The minimum atomic E-state index is -0.542. The van der Waals surface area contributed by atoms with E-state index >= 15 is 0 Å². The van der Waals surface area contributed by atoms with Gasteiger partial charge in [0.15, 0.2) is 18.9 Å². The molecule has 0 N–H and O–H groups in total. The summed E-state index contributed by atoms with van der Waals surface area (Å²) in [6.07, 6.45) is -2.93. The van der Waals surface area contributed by atoms with Gasteiger partial charge in [0.25, 0.3) is 0 Å². The first-order chi connectivity index (χ1) is 16.3. The largest absolute Gasteiger partial charge is 0.346 e. The van der Waals surface area contributed by atoms with Gasteiger partial charge in [0, 0.05) is 16.7 Å². The van der Waals surface area contributed by atoms with E-state index in [9.17, 15) is 0 Å². The lowest BCUT2D eigenvalue weighted by Crippen LogP contribution is -2.54. The molecule has 170 valence electrons. The van der Waals surface area contributed by atoms with Crippen LogP contribution in [0.1, 0.15) is 35.6 Å². The molecular formula is C27H26O6. The minimum Gasteiger partial charge on any atom is -0.346 e. The van der Waals surface area contributed by atoms with Gasteiger partial charge in [0.2, 0.25) is 0 Å². The molecule has 0 radical (unpaired) electrons. The summed E-state index contributed by atoms with van der Waals surface area (Å²) < 4.78 is 37.9. The van der Waals surface area contributed by atoms with Crippen molar-refractivity contribution in [1.82, 2.24) is 0 Å². The number of benzene rings is 3. The van der Waals surface area contributed by atoms with Gasteiger partial charge in [-0.05, 0) is 0 Å². The summed E-state index contributed by atoms with van der Waals surface area (Å²) in [4.78, 5) is 0. The topological polar surface area (TPSA) is 55.4 Å². The summed E-state index contributed by atoms with van der Waals surface area (Å²) in [6, 6.07) is 29.8. The van der Waals surface area contributed by atoms with Gasteiger partial charge >= 0.3 is 0 Å². The molecule has 3 aliphatic rings. The Morgan fingerprint density at radius 3 is 1.27 bits per heavy atom. The second kappa shape index (κ2) is 9.35. The van der Waals surface area contributed by atoms with Gasteiger partial charge in [-0.1, -0.05) is 91.0 Å². The maximum absolute atomic E-state index is 6.49. The van der Waals surface area contributed by atoms with Gasteiger partial charge in [0.05, 0.1) is 13.2 Å². The number of rotatable bonds is 3. The number of hydrogen-bond donors (Lipinski definition) is 0. The Morgan fingerprint density at radius 1 is 0.424 bits per heavy atom. The maximum Gasteiger partial charge on any atom is 0.184 e. The Hall–Kier alpha value is -2.58. The monoisotopic (exact) mass is 446 g/mol. The Kier molecular flexibility index (Phi) is 5.94. The third kappa shape index (κ3) is 4.34. The van der Waals surface area contributed by atoms with Gasteiger partial charge < -0.3 is 28.4 Å². The quantitative estimate of drug-likeness (QED) is 0.582. The molecule has 6 rings (SSSR count). The molecule has 0 spiro atoms. The molecule has 7 atom stereocenters. The summed E-state index contributed by atoms with van der Waals surface area (Å²) in [7, 11) is 0. The third-order valence-electron chi connectivity index (χ3n) is 6.25. The van der Waals surface area contributed by atoms with Crippen LogP contribution in [0, 0.1) is 0 Å². The lowest BCUT2D eigenvalue weighted by molar-refractivity contribution is -0.324. The fourth-order valence-electron chi connectivity index (χ4n) is 4.59. The van der Waals surface area contributed by atoms with Crippen molar-refractivity contribution in [2.75, 3.05) is 13.2 Å². The van der Waals surface area contributed by atoms with Crippen molar-refractivity contribution in [1.29, 1.82) is 0 Å². The summed E-state index contributed by atoms with van der Waals surface area (Å²) in [5.41, 5.74) is 2.87. The van der Waals surface area contributed by atoms with Gasteiger partial charge in [0.1, 0.15) is 24.4 Å². The average molecular weight is 446 g/mol. The highest BCUT2D eigenvalue weighted by Gasteiger charge is 2.50. The molecule has 0 saturated carbocycles. The molecule has 3 heterocycles. The van der Waals surface area contributed by atoms with Crippen LogP contribution in [0.25, 0.3) is 0 Å². The average Bonchev–Trinajstić information content (AvgIpc) is 3.30. The van der Waals surface area contributed by atoms with E-state index in [4.69, 9.17) is 28.4 Å². The maximum atomic E-state index is 6.49. The van der Waals surface area contributed by atoms with Crippen LogP contribution in [-0.4, -0.2) is 37.6 Å². The van der Waals surface area contributed by atoms with Crippen LogP contribution in [0.15, 0.2) is 91.0 Å². The minimum absolute atomic E-state index is 0.299. The van der Waals surface area contributed by atoms with Crippen LogP contribution in [-0.2, 0) is 28.4 Å². The predicted octanol–water partition coefficient (Wildman–Crippen LogP) is 4.70. The molecule has 3 unspecified atom stereocenters. The molecule has 3 aromatic rings. The van der Waals surface area contributed by atoms with E-state index in [1.807, 2.05) is 91.0 Å². The molecule has 3 saturated heterocycles. The molecule has 3 aromatic carbocycles. The van der Waals surface area contributed by atoms with Crippen LogP contribution in [0.4, 0.5) is 0 Å². The fraction of sp³-hybridized carbons (Fsp3) is 0.333. The van der Waals surface area contributed by atoms with Crippen LogP contribution in [0.5, 0.6) is 0 Å². The van der Waals surface area contributed by atoms with Crippen LogP contribution in [0.3, 0.4) is 0 Å². The molecule has 3 fully saturated rings. The second-order valence-electron chi connectivity index (χ2n) is 8.44. The molecule has 0 bridgehead atoms. The van der Waals surface area contributed by atoms with Crippen molar-refractivity contribution in [3.63, 3.8) is 0 Å². The first-order valence-corrected chi connectivity index (χ1v) is 11.3. The fourth-order valence-corrected chi connectivity index (χ4v) is 4.59. The zero-order valence-corrected chi connectivity index (χ0v) is 18.1. The van der Waals surface area contributed by atoms with Crippen LogP contribution < -0.4 is 0 Å². The molecule has 33 heavy (non-hydrogen) atoms. The predicted molar refractivity (Wildman–Crippen MR) is 119 cm³/mol. The first-order valence-electron chi connectivity index (χ1n) is 11.3. The Labute approximate surface area is 192 Å². The Bertz CT molecular complexity index is 993. The smallest absolute Gasteiger partial charge is 0.184 e. The number of hydrogen-bond acceptors (Lipinski definition) is 6. The van der Waals surface area contributed by atoms with E-state index in [0.29, 0.717) is 13.2 Å². The highest BCUT2D eigenvalue weighted by molar-refractivity contribution is 5.19. The van der Waals surface area contributed by atoms with E-state index in [2.05, 4.69) is 0 Å². The van der Waals surface area contributed by atoms with Crippen molar-refractivity contribution < 1.29 is 28.4 Å². The second-order valence-corrected chi connectivity index (χ2v) is 8.44. The van der Waals surface area contributed by atoms with Crippen molar-refractivity contribution in [2.45, 2.75) is 43.3 Å². The third-order valence-corrected chi connectivity index (χ3v) is 6.25. The van der Waals surface area contributed by atoms with Crippen molar-refractivity contribution >= 4 is 0 Å². The van der Waals surface area contributed by atoms with Gasteiger partial charge in [-0.3, -0.25) is 0 Å². The van der Waals surface area contributed by atoms with Crippen molar-refractivity contribution in [3.05, 3.63) is 108 Å². The Morgan fingerprint density at radius 2 is 0.788 bits per heavy atom. The highest BCUT2D eigenvalue weighted by Crippen LogP contribution is 2.41. The Balaban J connectivity index is 1.30. The molecular weight excluding hydrogens is 420 g/mol. The van der Waals surface area contributed by atoms with E-state index in [-0.39, 0.29) is 24.4 Å². The number of fused-ring (bicyclic) bond motifs is 3. The van der Waals surface area contributed by atoms with Crippen molar-refractivity contribution in [2.24, 2.45) is 0 Å². The normalized spacial score (nSPS) is 34.0. The lowest BCUT2D eigenvalue weighted by atomic mass is 10.0. The zero-order valence-electron chi connectivity index (χ0n) is 18.1. The van der Waals surface area contributed by atoms with Gasteiger partial charge in [-0.25, -0.2) is 0 Å². The number of ether oxygens (including phenoxy) is 6. The standard InChI is InChI=1S/C27H26O6/c1-4-10-18(11-5-1)25-28-17-22-24(33-27(31-22)20-14-8-3-9-15-20)23-21(30-25)16-29-26(32-23)19-12-6-2-7-13-19/h1-15,21-27H,16-17H2/t21-,22+,23-,24-,25?,26?,27?/m1/s1. The summed E-state index contributed by atoms with van der Waals surface area (Å²) in [5, 5.41) is 0. The van der Waals surface area contributed by atoms with E-state index < -0.39 is 18.9 Å². The molecule has 3 aliphatic heterocycles. The molecule has 0 amide bonds. The summed E-state index contributed by atoms with van der Waals surface area (Å²) >= 11 is 0. The molecule has 6 nitrogen and oxygen atoms in total. The SMILES string of the molecule is c1ccc(C2OC[C@H]3OC(c4ccccc4)OC[C@@H]4OC(c5ccccc5)O[C@H]4[C@@H]3O2)cc1. The summed E-state index contributed by atoms with van der Waals surface area (Å²) in [5.74, 6) is 0.